The Balaban J connectivity index is 1.21. The van der Waals surface area contributed by atoms with Gasteiger partial charge < -0.3 is 14.8 Å². The van der Waals surface area contributed by atoms with Crippen LogP contribution in [0.25, 0.3) is 11.1 Å². The Kier molecular flexibility index (Phi) is 8.46. The third-order valence-corrected chi connectivity index (χ3v) is 7.22. The molecule has 2 radical (unpaired) electrons. The van der Waals surface area contributed by atoms with Gasteiger partial charge in [0.1, 0.15) is 11.5 Å². The molecule has 0 heterocycles. The van der Waals surface area contributed by atoms with Crippen LogP contribution in [0.1, 0.15) is 0 Å². The lowest BCUT2D eigenvalue weighted by Gasteiger charge is -2.12. The summed E-state index contributed by atoms with van der Waals surface area (Å²) >= 11 is 0. The SMILES string of the molecule is COc1ccc([N+](c2ccc(OC)cc2)c2ccc(-c3cccc([NH+]c4ccc(Nc5ccccc5)cc4)c3)cc2)cc1. The highest BCUT2D eigenvalue weighted by Gasteiger charge is 2.26. The zero-order valence-electron chi connectivity index (χ0n) is 24.2. The fourth-order valence-electron chi connectivity index (χ4n) is 4.98. The maximum absolute atomic E-state index is 5.39. The van der Waals surface area contributed by atoms with Crippen LogP contribution in [0, 0.1) is 0 Å². The minimum Gasteiger partial charge on any atom is -0.497 e. The minimum atomic E-state index is 0.821. The van der Waals surface area contributed by atoms with Gasteiger partial charge in [-0.05, 0) is 71.8 Å². The molecule has 0 unspecified atom stereocenters. The number of nitrogens with one attached hydrogen (secondary N) is 2. The van der Waals surface area contributed by atoms with Crippen molar-refractivity contribution in [3.8, 4) is 22.6 Å². The molecule has 0 spiro atoms. The van der Waals surface area contributed by atoms with E-state index in [0.717, 1.165) is 62.4 Å². The third kappa shape index (κ3) is 6.76. The van der Waals surface area contributed by atoms with Crippen molar-refractivity contribution in [1.82, 2.24) is 4.90 Å². The fraction of sp³-hybridized carbons (Fsp3) is 0.0526. The van der Waals surface area contributed by atoms with E-state index in [1.54, 1.807) is 14.2 Å². The Bertz CT molecular complexity index is 1700. The van der Waals surface area contributed by atoms with Crippen LogP contribution in [-0.2, 0) is 0 Å². The molecule has 0 aliphatic heterocycles. The van der Waals surface area contributed by atoms with Crippen LogP contribution in [-0.4, -0.2) is 14.2 Å². The lowest BCUT2D eigenvalue weighted by Crippen LogP contribution is -2.70. The summed E-state index contributed by atoms with van der Waals surface area (Å²) < 4.78 is 10.8. The van der Waals surface area contributed by atoms with Gasteiger partial charge in [0.25, 0.3) is 0 Å². The molecular weight excluding hydrogens is 530 g/mol. The number of ether oxygens (including phenoxy) is 2. The van der Waals surface area contributed by atoms with E-state index in [0.29, 0.717) is 0 Å². The second-order valence-corrected chi connectivity index (χ2v) is 10.1. The number of hydrogen-bond donors (Lipinski definition) is 2. The Morgan fingerprint density at radius 3 is 1.56 bits per heavy atom. The number of hydrogen-bond acceptors (Lipinski definition) is 5. The second-order valence-electron chi connectivity index (χ2n) is 10.1. The van der Waals surface area contributed by atoms with Crippen LogP contribution in [0.3, 0.4) is 0 Å². The van der Waals surface area contributed by atoms with E-state index in [2.05, 4.69) is 125 Å². The number of rotatable bonds is 10. The number of anilines is 7. The van der Waals surface area contributed by atoms with E-state index in [1.807, 2.05) is 42.5 Å². The molecule has 6 aromatic rings. The van der Waals surface area contributed by atoms with Crippen LogP contribution in [0.5, 0.6) is 11.5 Å². The van der Waals surface area contributed by atoms with E-state index >= 15 is 0 Å². The summed E-state index contributed by atoms with van der Waals surface area (Å²) in [5, 5.41) is 6.97. The molecule has 6 aromatic carbocycles. The normalized spacial score (nSPS) is 10.9. The number of benzene rings is 6. The van der Waals surface area contributed by atoms with Crippen molar-refractivity contribution in [2.45, 2.75) is 0 Å². The van der Waals surface area contributed by atoms with Crippen molar-refractivity contribution in [3.63, 3.8) is 0 Å². The molecule has 0 amide bonds. The fourth-order valence-corrected chi connectivity index (χ4v) is 4.98. The highest BCUT2D eigenvalue weighted by Crippen LogP contribution is 2.36. The van der Waals surface area contributed by atoms with Crippen molar-refractivity contribution < 1.29 is 14.8 Å². The van der Waals surface area contributed by atoms with E-state index in [4.69, 9.17) is 9.47 Å². The average molecular weight is 564 g/mol. The first-order valence-electron chi connectivity index (χ1n) is 14.2. The van der Waals surface area contributed by atoms with Crippen molar-refractivity contribution in [2.75, 3.05) is 19.5 Å². The van der Waals surface area contributed by atoms with Gasteiger partial charge in [-0.1, -0.05) is 35.2 Å². The molecule has 0 aliphatic rings. The Morgan fingerprint density at radius 1 is 0.465 bits per heavy atom. The first-order valence-corrected chi connectivity index (χ1v) is 14.2. The molecule has 0 bridgehead atoms. The predicted octanol–water partition coefficient (Wildman–Crippen LogP) is 8.86. The van der Waals surface area contributed by atoms with E-state index in [1.165, 1.54) is 0 Å². The van der Waals surface area contributed by atoms with Gasteiger partial charge in [0.15, 0.2) is 28.4 Å². The smallest absolute Gasteiger partial charge is 0.192 e. The summed E-state index contributed by atoms with van der Waals surface area (Å²) in [6, 6.07) is 51.8. The van der Waals surface area contributed by atoms with Crippen molar-refractivity contribution in [2.24, 2.45) is 0 Å². The van der Waals surface area contributed by atoms with Crippen molar-refractivity contribution in [1.29, 1.82) is 0 Å². The van der Waals surface area contributed by atoms with Gasteiger partial charge in [-0.25, -0.2) is 0 Å². The van der Waals surface area contributed by atoms with Crippen molar-refractivity contribution >= 4 is 39.8 Å². The summed E-state index contributed by atoms with van der Waals surface area (Å²) in [5.41, 5.74) is 9.58. The summed E-state index contributed by atoms with van der Waals surface area (Å²) in [6.45, 7) is 0. The lowest BCUT2D eigenvalue weighted by atomic mass is 10.0. The zero-order valence-corrected chi connectivity index (χ0v) is 24.2. The Labute approximate surface area is 253 Å². The first kappa shape index (κ1) is 27.8. The number of nitrogens with zero attached hydrogens (tertiary/aromatic N) is 1. The van der Waals surface area contributed by atoms with Gasteiger partial charge in [0.2, 0.25) is 0 Å². The quantitative estimate of drug-likeness (QED) is 0.164. The molecule has 5 nitrogen and oxygen atoms in total. The van der Waals surface area contributed by atoms with Gasteiger partial charge in [0.05, 0.1) is 14.2 Å². The Hall–Kier alpha value is -5.36. The largest absolute Gasteiger partial charge is 0.497 e. The first-order chi connectivity index (χ1) is 21.2. The molecule has 43 heavy (non-hydrogen) atoms. The molecular formula is C38H33N3O2+2. The van der Waals surface area contributed by atoms with Crippen molar-refractivity contribution in [3.05, 3.63) is 152 Å². The molecule has 6 rings (SSSR count). The lowest BCUT2D eigenvalue weighted by molar-refractivity contribution is -0.478. The van der Waals surface area contributed by atoms with Crippen LogP contribution < -0.4 is 25.0 Å². The van der Waals surface area contributed by atoms with Crippen LogP contribution >= 0.6 is 0 Å². The molecule has 5 heteroatoms. The molecule has 0 fully saturated rings. The highest BCUT2D eigenvalue weighted by molar-refractivity contribution is 5.72. The topological polar surface area (TPSA) is 52.0 Å². The third-order valence-electron chi connectivity index (χ3n) is 7.22. The van der Waals surface area contributed by atoms with Crippen LogP contribution in [0.4, 0.5) is 39.8 Å². The zero-order chi connectivity index (χ0) is 29.4. The number of para-hydroxylation sites is 1. The summed E-state index contributed by atoms with van der Waals surface area (Å²) in [4.78, 5) is 2.22. The van der Waals surface area contributed by atoms with Crippen LogP contribution in [0.15, 0.2) is 152 Å². The maximum atomic E-state index is 5.39. The highest BCUT2D eigenvalue weighted by atomic mass is 16.5. The van der Waals surface area contributed by atoms with Crippen LogP contribution in [0.2, 0.25) is 0 Å². The molecule has 210 valence electrons. The summed E-state index contributed by atoms with van der Waals surface area (Å²) in [7, 11) is 3.36. The minimum absolute atomic E-state index is 0.821. The Morgan fingerprint density at radius 2 is 1.00 bits per heavy atom. The number of methoxy groups -OCH3 is 2. The molecule has 0 aromatic heterocycles. The van der Waals surface area contributed by atoms with E-state index < -0.39 is 0 Å². The molecule has 0 saturated heterocycles. The van der Waals surface area contributed by atoms with Gasteiger partial charge >= 0.3 is 0 Å². The maximum Gasteiger partial charge on any atom is 0.192 e. The van der Waals surface area contributed by atoms with Gasteiger partial charge in [-0.2, -0.15) is 0 Å². The van der Waals surface area contributed by atoms with E-state index in [-0.39, 0.29) is 0 Å². The van der Waals surface area contributed by atoms with E-state index in [9.17, 15) is 0 Å². The van der Waals surface area contributed by atoms with Gasteiger partial charge in [-0.3, -0.25) is 0 Å². The predicted molar refractivity (Wildman–Crippen MR) is 175 cm³/mol. The molecule has 2 N–H and O–H groups in total. The monoisotopic (exact) mass is 563 g/mol. The molecule has 0 atom stereocenters. The average Bonchev–Trinajstić information content (AvgIpc) is 3.07. The molecule has 0 saturated carbocycles. The second kappa shape index (κ2) is 13.1. The molecule has 0 aliphatic carbocycles. The van der Waals surface area contributed by atoms with Gasteiger partial charge in [-0.15, -0.1) is 5.32 Å². The summed E-state index contributed by atoms with van der Waals surface area (Å²) in [6.07, 6.45) is 0. The summed E-state index contributed by atoms with van der Waals surface area (Å²) in [5.74, 6) is 1.64. The van der Waals surface area contributed by atoms with Gasteiger partial charge in [0, 0.05) is 72.0 Å². The standard InChI is InChI=1S/C38H33N3O2/c1-42-37-23-19-35(20-24-37)41(36-21-25-38(43-2)26-22-36)34-17-11-28(12-18-34)29-7-6-10-33(27-29)40-32-15-13-31(14-16-32)39-30-8-4-3-5-9-30/h3-27,39-40H,1-2H3/q+2.